The first-order valence-electron chi connectivity index (χ1n) is 14.4. The van der Waals surface area contributed by atoms with Gasteiger partial charge in [0, 0.05) is 5.02 Å². The van der Waals surface area contributed by atoms with E-state index in [4.69, 9.17) is 11.6 Å². The van der Waals surface area contributed by atoms with Gasteiger partial charge in [0.05, 0.1) is 5.41 Å². The molecule has 0 saturated carbocycles. The Kier molecular flexibility index (Phi) is 5.67. The molecule has 0 aromatic heterocycles. The molecule has 0 heterocycles. The molecule has 0 saturated heterocycles. The number of fused-ring (bicyclic) bond motifs is 4. The van der Waals surface area contributed by atoms with Crippen LogP contribution < -0.4 is 0 Å². The normalized spacial score (nSPS) is 17.5. The molecule has 40 heavy (non-hydrogen) atoms. The van der Waals surface area contributed by atoms with Gasteiger partial charge in [-0.05, 0) is 97.5 Å². The Balaban J connectivity index is 1.51. The van der Waals surface area contributed by atoms with Crippen molar-refractivity contribution in [3.8, 4) is 22.3 Å². The standard InChI is InChI=1S/C39H35Cl/c1-37(2)21-22-38(3,4)36-24-27(16-20-33(36)37)26-15-18-31-32-19-17-30(40)25-35(32)39(34(31)23-26,28-11-7-5-8-12-28)29-13-9-6-10-14-29/h5-20,23-25H,21-22H2,1-4H3. The Hall–Kier alpha value is -3.61. The zero-order chi connectivity index (χ0) is 27.7. The molecule has 2 aliphatic rings. The Bertz CT molecular complexity index is 1700. The Morgan fingerprint density at radius 1 is 0.475 bits per heavy atom. The SMILES string of the molecule is CC1(C)CCC(C)(C)c2cc(-c3ccc4c(c3)C(c3ccccc3)(c3ccccc3)c3cc(Cl)ccc3-4)ccc21. The number of hydrogen-bond acceptors (Lipinski definition) is 0. The van der Waals surface area contributed by atoms with Crippen molar-refractivity contribution in [3.05, 3.63) is 154 Å². The van der Waals surface area contributed by atoms with Crippen LogP contribution in [-0.2, 0) is 16.2 Å². The summed E-state index contributed by atoms with van der Waals surface area (Å²) in [5.74, 6) is 0. The van der Waals surface area contributed by atoms with Crippen LogP contribution in [0.15, 0.2) is 115 Å². The average molecular weight is 539 g/mol. The number of benzene rings is 5. The predicted octanol–water partition coefficient (Wildman–Crippen LogP) is 10.7. The van der Waals surface area contributed by atoms with E-state index in [2.05, 4.69) is 137 Å². The van der Waals surface area contributed by atoms with Crippen molar-refractivity contribution in [1.82, 2.24) is 0 Å². The minimum atomic E-state index is -0.455. The fourth-order valence-corrected chi connectivity index (χ4v) is 7.58. The van der Waals surface area contributed by atoms with Gasteiger partial charge in [-0.1, -0.05) is 136 Å². The highest BCUT2D eigenvalue weighted by molar-refractivity contribution is 6.30. The van der Waals surface area contributed by atoms with Crippen molar-refractivity contribution >= 4 is 11.6 Å². The van der Waals surface area contributed by atoms with Crippen molar-refractivity contribution in [1.29, 1.82) is 0 Å². The van der Waals surface area contributed by atoms with Gasteiger partial charge in [0.2, 0.25) is 0 Å². The van der Waals surface area contributed by atoms with Crippen LogP contribution >= 0.6 is 11.6 Å². The molecule has 0 atom stereocenters. The van der Waals surface area contributed by atoms with E-state index < -0.39 is 5.41 Å². The van der Waals surface area contributed by atoms with Crippen molar-refractivity contribution in [2.45, 2.75) is 56.8 Å². The highest BCUT2D eigenvalue weighted by Gasteiger charge is 2.46. The van der Waals surface area contributed by atoms with Crippen LogP contribution in [0, 0.1) is 0 Å². The van der Waals surface area contributed by atoms with Crippen LogP contribution in [0.3, 0.4) is 0 Å². The van der Waals surface area contributed by atoms with E-state index in [1.54, 1.807) is 0 Å². The summed E-state index contributed by atoms with van der Waals surface area (Å²) in [7, 11) is 0. The molecule has 0 amide bonds. The lowest BCUT2D eigenvalue weighted by molar-refractivity contribution is 0.332. The zero-order valence-corrected chi connectivity index (χ0v) is 24.5. The van der Waals surface area contributed by atoms with E-state index in [1.165, 1.54) is 68.5 Å². The summed E-state index contributed by atoms with van der Waals surface area (Å²) < 4.78 is 0. The molecule has 198 valence electrons. The maximum absolute atomic E-state index is 6.71. The lowest BCUT2D eigenvalue weighted by atomic mass is 9.63. The van der Waals surface area contributed by atoms with E-state index in [0.29, 0.717) is 0 Å². The molecule has 5 aromatic carbocycles. The van der Waals surface area contributed by atoms with E-state index in [1.807, 2.05) is 6.07 Å². The number of rotatable bonds is 3. The summed E-state index contributed by atoms with van der Waals surface area (Å²) in [4.78, 5) is 0. The molecule has 0 unspecified atom stereocenters. The smallest absolute Gasteiger partial charge is 0.0714 e. The highest BCUT2D eigenvalue weighted by atomic mass is 35.5. The van der Waals surface area contributed by atoms with Crippen molar-refractivity contribution in [2.75, 3.05) is 0 Å². The molecule has 0 fully saturated rings. The van der Waals surface area contributed by atoms with Gasteiger partial charge in [0.1, 0.15) is 0 Å². The van der Waals surface area contributed by atoms with Gasteiger partial charge in [0.15, 0.2) is 0 Å². The van der Waals surface area contributed by atoms with E-state index in [-0.39, 0.29) is 10.8 Å². The Morgan fingerprint density at radius 3 is 1.55 bits per heavy atom. The third-order valence-corrected chi connectivity index (χ3v) is 9.93. The Morgan fingerprint density at radius 2 is 0.950 bits per heavy atom. The number of hydrogen-bond donors (Lipinski definition) is 0. The summed E-state index contributed by atoms with van der Waals surface area (Å²) in [6, 6.07) is 42.6. The van der Waals surface area contributed by atoms with Crippen LogP contribution in [0.2, 0.25) is 5.02 Å². The zero-order valence-electron chi connectivity index (χ0n) is 23.8. The van der Waals surface area contributed by atoms with Gasteiger partial charge in [0.25, 0.3) is 0 Å². The predicted molar refractivity (Wildman–Crippen MR) is 169 cm³/mol. The quantitative estimate of drug-likeness (QED) is 0.210. The van der Waals surface area contributed by atoms with Gasteiger partial charge in [-0.2, -0.15) is 0 Å². The van der Waals surface area contributed by atoms with Crippen molar-refractivity contribution in [3.63, 3.8) is 0 Å². The van der Waals surface area contributed by atoms with Gasteiger partial charge < -0.3 is 0 Å². The molecule has 2 aliphatic carbocycles. The van der Waals surface area contributed by atoms with Crippen LogP contribution in [-0.4, -0.2) is 0 Å². The summed E-state index contributed by atoms with van der Waals surface area (Å²) in [5, 5.41) is 0.766. The molecule has 0 nitrogen and oxygen atoms in total. The minimum absolute atomic E-state index is 0.169. The molecule has 1 heteroatoms. The second kappa shape index (κ2) is 8.95. The largest absolute Gasteiger partial charge is 0.0843 e. The lowest BCUT2D eigenvalue weighted by Gasteiger charge is -2.42. The molecular weight excluding hydrogens is 504 g/mol. The van der Waals surface area contributed by atoms with Gasteiger partial charge in [-0.15, -0.1) is 0 Å². The summed E-state index contributed by atoms with van der Waals surface area (Å²) in [6.45, 7) is 9.60. The molecule has 7 rings (SSSR count). The van der Waals surface area contributed by atoms with Gasteiger partial charge >= 0.3 is 0 Å². The van der Waals surface area contributed by atoms with Crippen molar-refractivity contribution < 1.29 is 0 Å². The van der Waals surface area contributed by atoms with E-state index in [9.17, 15) is 0 Å². The molecule has 0 spiro atoms. The first-order chi connectivity index (χ1) is 19.2. The second-order valence-electron chi connectivity index (χ2n) is 13.0. The Labute approximate surface area is 243 Å². The minimum Gasteiger partial charge on any atom is -0.0843 e. The van der Waals surface area contributed by atoms with E-state index >= 15 is 0 Å². The molecule has 0 N–H and O–H groups in total. The molecule has 0 radical (unpaired) electrons. The lowest BCUT2D eigenvalue weighted by Crippen LogP contribution is -2.33. The van der Waals surface area contributed by atoms with Crippen molar-refractivity contribution in [2.24, 2.45) is 0 Å². The van der Waals surface area contributed by atoms with Crippen LogP contribution in [0.5, 0.6) is 0 Å². The fraction of sp³-hybridized carbons (Fsp3) is 0.231. The first-order valence-corrected chi connectivity index (χ1v) is 14.8. The number of halogens is 1. The van der Waals surface area contributed by atoms with Gasteiger partial charge in [-0.25, -0.2) is 0 Å². The second-order valence-corrected chi connectivity index (χ2v) is 13.4. The molecule has 0 bridgehead atoms. The highest BCUT2D eigenvalue weighted by Crippen LogP contribution is 2.57. The third kappa shape index (κ3) is 3.66. The summed E-state index contributed by atoms with van der Waals surface area (Å²) in [6.07, 6.45) is 2.44. The first kappa shape index (κ1) is 25.4. The topological polar surface area (TPSA) is 0 Å². The maximum Gasteiger partial charge on any atom is 0.0714 e. The molecule has 0 aliphatic heterocycles. The maximum atomic E-state index is 6.71. The third-order valence-electron chi connectivity index (χ3n) is 9.70. The van der Waals surface area contributed by atoms with Gasteiger partial charge in [-0.3, -0.25) is 0 Å². The van der Waals surface area contributed by atoms with E-state index in [0.717, 1.165) is 5.02 Å². The van der Waals surface area contributed by atoms with Crippen LogP contribution in [0.1, 0.15) is 73.9 Å². The monoisotopic (exact) mass is 538 g/mol. The summed E-state index contributed by atoms with van der Waals surface area (Å²) in [5.41, 5.74) is 13.1. The molecular formula is C39H35Cl. The fourth-order valence-electron chi connectivity index (χ4n) is 7.41. The molecule has 5 aromatic rings. The van der Waals surface area contributed by atoms with Crippen LogP contribution in [0.25, 0.3) is 22.3 Å². The average Bonchev–Trinajstić information content (AvgIpc) is 3.26. The van der Waals surface area contributed by atoms with Crippen LogP contribution in [0.4, 0.5) is 0 Å². The summed E-state index contributed by atoms with van der Waals surface area (Å²) >= 11 is 6.71.